The summed E-state index contributed by atoms with van der Waals surface area (Å²) in [7, 11) is 0. The molecule has 0 aliphatic rings. The summed E-state index contributed by atoms with van der Waals surface area (Å²) in [5, 5.41) is 7.91. The Morgan fingerprint density at radius 1 is 1.61 bits per heavy atom. The van der Waals surface area contributed by atoms with Crippen molar-refractivity contribution in [1.29, 1.82) is 0 Å². The van der Waals surface area contributed by atoms with Crippen LogP contribution in [0, 0.1) is 6.92 Å². The molecule has 1 rings (SSSR count). The van der Waals surface area contributed by atoms with E-state index in [-0.39, 0.29) is 5.97 Å². The van der Waals surface area contributed by atoms with Crippen LogP contribution in [0.4, 0.5) is 0 Å². The minimum absolute atomic E-state index is 0.280. The summed E-state index contributed by atoms with van der Waals surface area (Å²) in [4.78, 5) is 12.0. The van der Waals surface area contributed by atoms with E-state index in [4.69, 9.17) is 16.3 Å². The zero-order valence-electron chi connectivity index (χ0n) is 11.3. The number of carbonyl (C=O) groups excluding carboxylic acids is 1. The number of nitrogens with one attached hydrogen (secondary N) is 1. The third kappa shape index (κ3) is 3.23. The number of likely N-dealkylation sites (N-methyl/N-ethyl adjacent to an activating group) is 1. The number of hydrogen-bond donors (Lipinski definition) is 1. The first-order valence-corrected chi connectivity index (χ1v) is 6.42. The number of aromatic nitrogens is 2. The van der Waals surface area contributed by atoms with Crippen LogP contribution in [0.15, 0.2) is 6.20 Å². The fourth-order valence-electron chi connectivity index (χ4n) is 1.76. The Bertz CT molecular complexity index is 419. The van der Waals surface area contributed by atoms with E-state index in [0.717, 1.165) is 5.69 Å². The first-order chi connectivity index (χ1) is 8.44. The van der Waals surface area contributed by atoms with Gasteiger partial charge in [0.15, 0.2) is 0 Å². The standard InChI is InChI=1S/C12H20ClN3O2/c1-5-14-12(4,11(17)18-6-2)8-16-9(3)10(13)7-15-16/h7,14H,5-6,8H2,1-4H3. The van der Waals surface area contributed by atoms with Crippen LogP contribution in [0.2, 0.25) is 5.02 Å². The third-order valence-electron chi connectivity index (χ3n) is 2.80. The van der Waals surface area contributed by atoms with Gasteiger partial charge in [-0.05, 0) is 27.3 Å². The third-order valence-corrected chi connectivity index (χ3v) is 3.17. The number of esters is 1. The molecule has 1 unspecified atom stereocenters. The minimum atomic E-state index is -0.801. The van der Waals surface area contributed by atoms with Gasteiger partial charge in [-0.25, -0.2) is 4.79 Å². The van der Waals surface area contributed by atoms with E-state index in [1.54, 1.807) is 17.8 Å². The highest BCUT2D eigenvalue weighted by atomic mass is 35.5. The van der Waals surface area contributed by atoms with Crippen LogP contribution in [-0.2, 0) is 16.1 Å². The molecule has 0 aliphatic heterocycles. The van der Waals surface area contributed by atoms with Crippen molar-refractivity contribution < 1.29 is 9.53 Å². The van der Waals surface area contributed by atoms with Gasteiger partial charge < -0.3 is 10.1 Å². The van der Waals surface area contributed by atoms with E-state index in [9.17, 15) is 4.79 Å². The number of nitrogens with zero attached hydrogens (tertiary/aromatic N) is 2. The lowest BCUT2D eigenvalue weighted by Crippen LogP contribution is -2.53. The zero-order chi connectivity index (χ0) is 13.8. The molecule has 1 aromatic heterocycles. The molecule has 1 N–H and O–H groups in total. The first-order valence-electron chi connectivity index (χ1n) is 6.04. The molecule has 0 spiro atoms. The number of hydrogen-bond acceptors (Lipinski definition) is 4. The highest BCUT2D eigenvalue weighted by Crippen LogP contribution is 2.17. The smallest absolute Gasteiger partial charge is 0.327 e. The second kappa shape index (κ2) is 6.20. The lowest BCUT2D eigenvalue weighted by Gasteiger charge is -2.28. The van der Waals surface area contributed by atoms with E-state index in [1.807, 2.05) is 20.8 Å². The van der Waals surface area contributed by atoms with Gasteiger partial charge in [0.25, 0.3) is 0 Å². The second-order valence-electron chi connectivity index (χ2n) is 4.32. The zero-order valence-corrected chi connectivity index (χ0v) is 12.0. The molecule has 102 valence electrons. The van der Waals surface area contributed by atoms with Crippen LogP contribution in [-0.4, -0.2) is 34.4 Å². The molecular formula is C12H20ClN3O2. The molecule has 0 radical (unpaired) electrons. The molecule has 0 aromatic carbocycles. The second-order valence-corrected chi connectivity index (χ2v) is 4.73. The van der Waals surface area contributed by atoms with Crippen LogP contribution >= 0.6 is 11.6 Å². The highest BCUT2D eigenvalue weighted by Gasteiger charge is 2.35. The molecular weight excluding hydrogens is 254 g/mol. The monoisotopic (exact) mass is 273 g/mol. The SMILES string of the molecule is CCNC(C)(Cn1ncc(Cl)c1C)C(=O)OCC. The quantitative estimate of drug-likeness (QED) is 0.803. The minimum Gasteiger partial charge on any atom is -0.465 e. The van der Waals surface area contributed by atoms with Gasteiger partial charge in [-0.2, -0.15) is 5.10 Å². The largest absolute Gasteiger partial charge is 0.465 e. The Kier molecular flexibility index (Phi) is 5.16. The van der Waals surface area contributed by atoms with Crippen LogP contribution in [0.5, 0.6) is 0 Å². The average molecular weight is 274 g/mol. The van der Waals surface area contributed by atoms with E-state index in [2.05, 4.69) is 10.4 Å². The van der Waals surface area contributed by atoms with Crippen LogP contribution in [0.3, 0.4) is 0 Å². The predicted octanol–water partition coefficient (Wildman–Crippen LogP) is 1.78. The maximum absolute atomic E-state index is 12.0. The van der Waals surface area contributed by atoms with Crippen LogP contribution < -0.4 is 5.32 Å². The van der Waals surface area contributed by atoms with Gasteiger partial charge in [0.05, 0.1) is 30.1 Å². The number of carbonyl (C=O) groups is 1. The summed E-state index contributed by atoms with van der Waals surface area (Å²) in [5.74, 6) is -0.280. The van der Waals surface area contributed by atoms with Crippen molar-refractivity contribution in [2.75, 3.05) is 13.2 Å². The van der Waals surface area contributed by atoms with Gasteiger partial charge in [0.1, 0.15) is 5.54 Å². The molecule has 0 bridgehead atoms. The maximum atomic E-state index is 12.0. The van der Waals surface area contributed by atoms with E-state index < -0.39 is 5.54 Å². The van der Waals surface area contributed by atoms with Gasteiger partial charge >= 0.3 is 5.97 Å². The first kappa shape index (κ1) is 15.0. The fourth-order valence-corrected chi connectivity index (χ4v) is 1.90. The molecule has 5 nitrogen and oxygen atoms in total. The van der Waals surface area contributed by atoms with Crippen molar-refractivity contribution in [3.63, 3.8) is 0 Å². The molecule has 0 amide bonds. The summed E-state index contributed by atoms with van der Waals surface area (Å²) < 4.78 is 6.81. The molecule has 0 saturated heterocycles. The maximum Gasteiger partial charge on any atom is 0.327 e. The Morgan fingerprint density at radius 2 is 2.28 bits per heavy atom. The predicted molar refractivity (Wildman–Crippen MR) is 70.7 cm³/mol. The summed E-state index contributed by atoms with van der Waals surface area (Å²) in [6.45, 7) is 8.83. The Hall–Kier alpha value is -1.07. The van der Waals surface area contributed by atoms with Gasteiger partial charge in [0.2, 0.25) is 0 Å². The molecule has 18 heavy (non-hydrogen) atoms. The number of rotatable bonds is 6. The van der Waals surface area contributed by atoms with Gasteiger partial charge in [-0.1, -0.05) is 18.5 Å². The topological polar surface area (TPSA) is 56.2 Å². The summed E-state index contributed by atoms with van der Waals surface area (Å²) >= 11 is 5.96. The van der Waals surface area contributed by atoms with Gasteiger partial charge in [-0.3, -0.25) is 4.68 Å². The van der Waals surface area contributed by atoms with Crippen molar-refractivity contribution >= 4 is 17.6 Å². The van der Waals surface area contributed by atoms with Gasteiger partial charge in [-0.15, -0.1) is 0 Å². The molecule has 6 heteroatoms. The lowest BCUT2D eigenvalue weighted by molar-refractivity contribution is -0.151. The van der Waals surface area contributed by atoms with Crippen molar-refractivity contribution in [1.82, 2.24) is 15.1 Å². The van der Waals surface area contributed by atoms with E-state index in [1.165, 1.54) is 0 Å². The summed E-state index contributed by atoms with van der Waals surface area (Å²) in [5.41, 5.74) is 0.0373. The molecule has 0 fully saturated rings. The fraction of sp³-hybridized carbons (Fsp3) is 0.667. The summed E-state index contributed by atoms with van der Waals surface area (Å²) in [6.07, 6.45) is 1.58. The van der Waals surface area contributed by atoms with Gasteiger partial charge in [0, 0.05) is 0 Å². The van der Waals surface area contributed by atoms with Crippen molar-refractivity contribution in [3.8, 4) is 0 Å². The molecule has 1 aromatic rings. The molecule has 1 atom stereocenters. The van der Waals surface area contributed by atoms with Crippen molar-refractivity contribution in [2.45, 2.75) is 39.8 Å². The van der Waals surface area contributed by atoms with Crippen molar-refractivity contribution in [3.05, 3.63) is 16.9 Å². The molecule has 0 aliphatic carbocycles. The van der Waals surface area contributed by atoms with E-state index >= 15 is 0 Å². The van der Waals surface area contributed by atoms with Crippen LogP contribution in [0.25, 0.3) is 0 Å². The summed E-state index contributed by atoms with van der Waals surface area (Å²) in [6, 6.07) is 0. The lowest BCUT2D eigenvalue weighted by atomic mass is 10.0. The van der Waals surface area contributed by atoms with E-state index in [0.29, 0.717) is 24.7 Å². The van der Waals surface area contributed by atoms with Crippen LogP contribution in [0.1, 0.15) is 26.5 Å². The molecule has 1 heterocycles. The number of halogens is 1. The highest BCUT2D eigenvalue weighted by molar-refractivity contribution is 6.31. The van der Waals surface area contributed by atoms with Crippen molar-refractivity contribution in [2.24, 2.45) is 0 Å². The molecule has 0 saturated carbocycles. The Labute approximate surface area is 112 Å². The average Bonchev–Trinajstić information content (AvgIpc) is 2.61. The Morgan fingerprint density at radius 3 is 2.72 bits per heavy atom. The Balaban J connectivity index is 2.92. The number of ether oxygens (including phenoxy) is 1. The normalized spacial score (nSPS) is 14.3.